The molecule has 1 aliphatic heterocycles. The number of nitrogens with zero attached hydrogens (tertiary/aromatic N) is 4. The summed E-state index contributed by atoms with van der Waals surface area (Å²) < 4.78 is 10.3. The first-order chi connectivity index (χ1) is 12.5. The summed E-state index contributed by atoms with van der Waals surface area (Å²) in [4.78, 5) is 11.1. The van der Waals surface area contributed by atoms with Gasteiger partial charge in [0, 0.05) is 24.6 Å². The molecule has 138 valence electrons. The molecule has 0 amide bonds. The summed E-state index contributed by atoms with van der Waals surface area (Å²) in [6, 6.07) is 4.09. The minimum absolute atomic E-state index is 0.351. The third-order valence-corrected chi connectivity index (χ3v) is 6.08. The molecule has 5 nitrogen and oxygen atoms in total. The van der Waals surface area contributed by atoms with Gasteiger partial charge in [-0.25, -0.2) is 4.99 Å². The highest BCUT2D eigenvalue weighted by Crippen LogP contribution is 2.51. The number of halogens is 1. The summed E-state index contributed by atoms with van der Waals surface area (Å²) in [6.07, 6.45) is 7.69. The second-order valence-corrected chi connectivity index (χ2v) is 8.63. The molecular weight excluding hydrogens is 368 g/mol. The lowest BCUT2D eigenvalue weighted by atomic mass is 10.1. The van der Waals surface area contributed by atoms with Crippen molar-refractivity contribution in [3.63, 3.8) is 0 Å². The number of benzene rings is 1. The molecule has 1 aliphatic carbocycles. The predicted octanol–water partition coefficient (Wildman–Crippen LogP) is 5.32. The van der Waals surface area contributed by atoms with Crippen molar-refractivity contribution in [1.82, 2.24) is 14.3 Å². The van der Waals surface area contributed by atoms with Gasteiger partial charge in [0.15, 0.2) is 5.82 Å². The third kappa shape index (κ3) is 3.86. The fraction of sp³-hybridized carbons (Fsp3) is 0.526. The van der Waals surface area contributed by atoms with E-state index in [2.05, 4.69) is 32.2 Å². The number of hydrogen-bond acceptors (Lipinski definition) is 5. The summed E-state index contributed by atoms with van der Waals surface area (Å²) in [6.45, 7) is 6.29. The van der Waals surface area contributed by atoms with Gasteiger partial charge in [-0.2, -0.15) is 9.36 Å². The zero-order valence-corrected chi connectivity index (χ0v) is 16.7. The highest BCUT2D eigenvalue weighted by atomic mass is 35.5. The van der Waals surface area contributed by atoms with E-state index in [4.69, 9.17) is 16.3 Å². The van der Waals surface area contributed by atoms with Crippen LogP contribution in [0.1, 0.15) is 49.1 Å². The zero-order valence-electron chi connectivity index (χ0n) is 15.2. The van der Waals surface area contributed by atoms with Crippen LogP contribution in [0.25, 0.3) is 0 Å². The van der Waals surface area contributed by atoms with E-state index in [0.29, 0.717) is 11.0 Å². The minimum atomic E-state index is -0.351. The lowest BCUT2D eigenvalue weighted by Crippen LogP contribution is -2.28. The van der Waals surface area contributed by atoms with E-state index < -0.39 is 0 Å². The molecule has 0 bridgehead atoms. The van der Waals surface area contributed by atoms with E-state index in [0.717, 1.165) is 48.5 Å². The van der Waals surface area contributed by atoms with Crippen LogP contribution >= 0.6 is 23.1 Å². The van der Waals surface area contributed by atoms with Crippen molar-refractivity contribution < 1.29 is 4.74 Å². The smallest absolute Gasteiger partial charge is 0.298 e. The Kier molecular flexibility index (Phi) is 4.88. The van der Waals surface area contributed by atoms with Crippen molar-refractivity contribution in [2.75, 3.05) is 13.1 Å². The van der Waals surface area contributed by atoms with Crippen LogP contribution in [-0.4, -0.2) is 33.7 Å². The lowest BCUT2D eigenvalue weighted by Gasteiger charge is -2.23. The Bertz CT molecular complexity index is 825. The van der Waals surface area contributed by atoms with Crippen LogP contribution in [0.5, 0.6) is 10.9 Å². The van der Waals surface area contributed by atoms with Crippen LogP contribution in [0.2, 0.25) is 0 Å². The number of likely N-dealkylation sites (tertiary alicyclic amines) is 1. The lowest BCUT2D eigenvalue weighted by molar-refractivity contribution is 0.351. The molecule has 0 atom stereocenters. The Labute approximate surface area is 163 Å². The van der Waals surface area contributed by atoms with Gasteiger partial charge >= 0.3 is 0 Å². The topological polar surface area (TPSA) is 50.6 Å². The van der Waals surface area contributed by atoms with Gasteiger partial charge in [-0.3, -0.25) is 0 Å². The molecule has 4 rings (SSSR count). The standard InChI is InChI=1S/C19H23ClN4OS/c1-13-11-16(25-18-22-17(23-26-18)19(20)6-7-19)14(2)10-15(13)21-12-24-8-4-3-5-9-24/h10-12H,3-9H2,1-2H3/b21-12+. The molecule has 0 unspecified atom stereocenters. The normalized spacial score (nSPS) is 19.1. The zero-order chi connectivity index (χ0) is 18.1. The van der Waals surface area contributed by atoms with E-state index in [1.165, 1.54) is 30.8 Å². The highest BCUT2D eigenvalue weighted by molar-refractivity contribution is 7.07. The number of ether oxygens (including phenoxy) is 1. The number of aryl methyl sites for hydroxylation is 2. The average molecular weight is 391 g/mol. The summed E-state index contributed by atoms with van der Waals surface area (Å²) in [5.41, 5.74) is 3.10. The first-order valence-corrected chi connectivity index (χ1v) is 10.3. The first-order valence-electron chi connectivity index (χ1n) is 9.14. The average Bonchev–Trinajstić information content (AvgIpc) is 3.21. The highest BCUT2D eigenvalue weighted by Gasteiger charge is 2.46. The molecule has 1 saturated heterocycles. The fourth-order valence-electron chi connectivity index (χ4n) is 3.06. The quantitative estimate of drug-likeness (QED) is 0.393. The number of hydrogen-bond donors (Lipinski definition) is 0. The van der Waals surface area contributed by atoms with Gasteiger partial charge in [-0.05, 0) is 69.2 Å². The van der Waals surface area contributed by atoms with Crippen LogP contribution < -0.4 is 4.74 Å². The van der Waals surface area contributed by atoms with E-state index in [9.17, 15) is 0 Å². The maximum absolute atomic E-state index is 6.37. The number of aliphatic imine (C=N–C) groups is 1. The van der Waals surface area contributed by atoms with Crippen LogP contribution in [0.15, 0.2) is 17.1 Å². The fourth-order valence-corrected chi connectivity index (χ4v) is 3.93. The molecule has 0 N–H and O–H groups in total. The second kappa shape index (κ2) is 7.16. The van der Waals surface area contributed by atoms with Crippen molar-refractivity contribution in [2.24, 2.45) is 4.99 Å². The van der Waals surface area contributed by atoms with Crippen molar-refractivity contribution >= 4 is 35.2 Å². The van der Waals surface area contributed by atoms with E-state index >= 15 is 0 Å². The summed E-state index contributed by atoms with van der Waals surface area (Å²) in [5, 5.41) is 0.541. The van der Waals surface area contributed by atoms with Crippen molar-refractivity contribution in [1.29, 1.82) is 0 Å². The SMILES string of the molecule is Cc1cc(Oc2nc(C3(Cl)CC3)ns2)c(C)cc1/N=C/N1CCCCC1. The second-order valence-electron chi connectivity index (χ2n) is 7.20. The van der Waals surface area contributed by atoms with Crippen LogP contribution in [0.3, 0.4) is 0 Å². The van der Waals surface area contributed by atoms with Gasteiger partial charge in [-0.1, -0.05) is 0 Å². The molecule has 2 fully saturated rings. The summed E-state index contributed by atoms with van der Waals surface area (Å²) >= 11 is 7.62. The minimum Gasteiger partial charge on any atom is -0.430 e. The van der Waals surface area contributed by atoms with Gasteiger partial charge in [0.05, 0.1) is 12.0 Å². The predicted molar refractivity (Wildman–Crippen MR) is 106 cm³/mol. The molecule has 2 heterocycles. The van der Waals surface area contributed by atoms with Gasteiger partial charge < -0.3 is 9.64 Å². The van der Waals surface area contributed by atoms with Gasteiger partial charge in [-0.15, -0.1) is 11.6 Å². The Morgan fingerprint density at radius 2 is 1.96 bits per heavy atom. The van der Waals surface area contributed by atoms with E-state index in [1.807, 2.05) is 19.3 Å². The first kappa shape index (κ1) is 17.7. The maximum atomic E-state index is 6.37. The maximum Gasteiger partial charge on any atom is 0.298 e. The van der Waals surface area contributed by atoms with E-state index in [-0.39, 0.29) is 4.87 Å². The van der Waals surface area contributed by atoms with Gasteiger partial charge in [0.25, 0.3) is 5.19 Å². The van der Waals surface area contributed by atoms with Crippen LogP contribution in [-0.2, 0) is 4.87 Å². The summed E-state index contributed by atoms with van der Waals surface area (Å²) in [5.74, 6) is 1.48. The molecule has 2 aliphatic rings. The van der Waals surface area contributed by atoms with Crippen molar-refractivity contribution in [3.05, 3.63) is 29.1 Å². The Balaban J connectivity index is 1.48. The molecular formula is C19H23ClN4OS. The molecule has 1 saturated carbocycles. The van der Waals surface area contributed by atoms with Gasteiger partial charge in [0.1, 0.15) is 10.6 Å². The van der Waals surface area contributed by atoms with Crippen LogP contribution in [0, 0.1) is 13.8 Å². The number of alkyl halides is 1. The van der Waals surface area contributed by atoms with Gasteiger partial charge in [0.2, 0.25) is 0 Å². The Hall–Kier alpha value is -1.66. The van der Waals surface area contributed by atoms with Crippen LogP contribution in [0.4, 0.5) is 5.69 Å². The van der Waals surface area contributed by atoms with Crippen molar-refractivity contribution in [2.45, 2.75) is 50.8 Å². The molecule has 0 radical (unpaired) electrons. The molecule has 1 aromatic carbocycles. The largest absolute Gasteiger partial charge is 0.430 e. The van der Waals surface area contributed by atoms with Crippen molar-refractivity contribution in [3.8, 4) is 10.9 Å². The molecule has 26 heavy (non-hydrogen) atoms. The summed E-state index contributed by atoms with van der Waals surface area (Å²) in [7, 11) is 0. The number of aromatic nitrogens is 2. The monoisotopic (exact) mass is 390 g/mol. The third-order valence-electron chi connectivity index (χ3n) is 4.94. The number of piperidine rings is 1. The molecule has 0 spiro atoms. The number of rotatable bonds is 5. The molecule has 1 aromatic heterocycles. The van der Waals surface area contributed by atoms with E-state index in [1.54, 1.807) is 0 Å². The Morgan fingerprint density at radius 3 is 2.69 bits per heavy atom. The molecule has 7 heteroatoms. The molecule has 2 aromatic rings. The Morgan fingerprint density at radius 1 is 1.19 bits per heavy atom.